The van der Waals surface area contributed by atoms with Gasteiger partial charge in [0.2, 0.25) is 0 Å². The molecule has 1 saturated carbocycles. The van der Waals surface area contributed by atoms with Crippen molar-refractivity contribution in [3.63, 3.8) is 0 Å². The number of aromatic amines is 1. The fourth-order valence-electron chi connectivity index (χ4n) is 3.07. The fourth-order valence-corrected chi connectivity index (χ4v) is 3.07. The zero-order chi connectivity index (χ0) is 14.0. The molecule has 0 aliphatic heterocycles. The molecule has 0 aromatic carbocycles. The molecule has 4 heteroatoms. The Balaban J connectivity index is 1.66. The molecule has 1 atom stereocenters. The monoisotopic (exact) mass is 270 g/mol. The summed E-state index contributed by atoms with van der Waals surface area (Å²) in [6, 6.07) is 4.64. The van der Waals surface area contributed by atoms with Crippen molar-refractivity contribution in [1.82, 2.24) is 20.5 Å². The highest BCUT2D eigenvalue weighted by molar-refractivity contribution is 5.61. The molecule has 0 bridgehead atoms. The van der Waals surface area contributed by atoms with E-state index in [0.717, 1.165) is 17.8 Å². The maximum Gasteiger partial charge on any atom is 0.0710 e. The second-order valence-electron chi connectivity index (χ2n) is 6.50. The largest absolute Gasteiger partial charge is 0.310 e. The van der Waals surface area contributed by atoms with Crippen LogP contribution in [0.3, 0.4) is 0 Å². The molecule has 1 unspecified atom stereocenters. The lowest BCUT2D eigenvalue weighted by Gasteiger charge is -2.17. The molecule has 2 N–H and O–H groups in total. The molecule has 3 rings (SSSR count). The summed E-state index contributed by atoms with van der Waals surface area (Å²) < 4.78 is 0. The van der Waals surface area contributed by atoms with Crippen molar-refractivity contribution in [2.75, 3.05) is 0 Å². The van der Waals surface area contributed by atoms with Gasteiger partial charge in [-0.15, -0.1) is 0 Å². The van der Waals surface area contributed by atoms with Crippen molar-refractivity contribution < 1.29 is 0 Å². The minimum atomic E-state index is 0.486. The predicted octanol–water partition coefficient (Wildman–Crippen LogP) is 3.14. The SMILES string of the molecule is CC1(C)CCC(NCc2cn[nH]c2-c2cccnc2)C1. The Morgan fingerprint density at radius 1 is 1.40 bits per heavy atom. The highest BCUT2D eigenvalue weighted by atomic mass is 15.1. The molecule has 1 fully saturated rings. The Morgan fingerprint density at radius 3 is 3.00 bits per heavy atom. The van der Waals surface area contributed by atoms with Crippen LogP contribution in [0.25, 0.3) is 11.3 Å². The molecule has 106 valence electrons. The van der Waals surface area contributed by atoms with E-state index in [1.54, 1.807) is 6.20 Å². The van der Waals surface area contributed by atoms with Crippen molar-refractivity contribution in [2.45, 2.75) is 45.7 Å². The summed E-state index contributed by atoms with van der Waals surface area (Å²) in [5, 5.41) is 10.9. The molecule has 20 heavy (non-hydrogen) atoms. The van der Waals surface area contributed by atoms with Crippen LogP contribution < -0.4 is 5.32 Å². The van der Waals surface area contributed by atoms with E-state index in [9.17, 15) is 0 Å². The first-order chi connectivity index (χ1) is 9.64. The molecule has 1 aliphatic rings. The van der Waals surface area contributed by atoms with E-state index in [1.807, 2.05) is 18.5 Å². The molecule has 2 aromatic rings. The lowest BCUT2D eigenvalue weighted by atomic mass is 9.92. The number of H-pyrrole nitrogens is 1. The van der Waals surface area contributed by atoms with Gasteiger partial charge in [-0.2, -0.15) is 5.10 Å². The molecule has 1 aliphatic carbocycles. The van der Waals surface area contributed by atoms with Crippen LogP contribution in [0.1, 0.15) is 38.7 Å². The molecule has 0 spiro atoms. The predicted molar refractivity (Wildman–Crippen MR) is 80.1 cm³/mol. The Bertz CT molecular complexity index is 559. The van der Waals surface area contributed by atoms with E-state index in [0.29, 0.717) is 11.5 Å². The van der Waals surface area contributed by atoms with Gasteiger partial charge < -0.3 is 5.32 Å². The van der Waals surface area contributed by atoms with Gasteiger partial charge in [0.05, 0.1) is 11.9 Å². The van der Waals surface area contributed by atoms with E-state index in [2.05, 4.69) is 40.4 Å². The van der Waals surface area contributed by atoms with Crippen LogP contribution in [0.2, 0.25) is 0 Å². The molecule has 2 heterocycles. The van der Waals surface area contributed by atoms with Gasteiger partial charge in [0.1, 0.15) is 0 Å². The number of pyridine rings is 1. The standard InChI is InChI=1S/C16H22N4/c1-16(2)6-5-14(8-16)18-10-13-11-19-20-15(13)12-4-3-7-17-9-12/h3-4,7,9,11,14,18H,5-6,8,10H2,1-2H3,(H,19,20). The Hall–Kier alpha value is -1.68. The topological polar surface area (TPSA) is 53.6 Å². The first kappa shape index (κ1) is 13.3. The van der Waals surface area contributed by atoms with Gasteiger partial charge in [-0.05, 0) is 36.8 Å². The maximum absolute atomic E-state index is 4.18. The van der Waals surface area contributed by atoms with Crippen LogP contribution in [-0.4, -0.2) is 21.2 Å². The molecular formula is C16H22N4. The van der Waals surface area contributed by atoms with Gasteiger partial charge in [0, 0.05) is 36.1 Å². The van der Waals surface area contributed by atoms with Crippen molar-refractivity contribution in [3.8, 4) is 11.3 Å². The Kier molecular flexibility index (Phi) is 3.57. The highest BCUT2D eigenvalue weighted by Crippen LogP contribution is 2.37. The summed E-state index contributed by atoms with van der Waals surface area (Å²) in [6.45, 7) is 5.57. The maximum atomic E-state index is 4.18. The third-order valence-electron chi connectivity index (χ3n) is 4.22. The quantitative estimate of drug-likeness (QED) is 0.897. The van der Waals surface area contributed by atoms with Crippen LogP contribution in [0.4, 0.5) is 0 Å². The summed E-state index contributed by atoms with van der Waals surface area (Å²) in [6.07, 6.45) is 9.41. The first-order valence-electron chi connectivity index (χ1n) is 7.30. The number of aromatic nitrogens is 3. The second kappa shape index (κ2) is 5.37. The molecule has 4 nitrogen and oxygen atoms in total. The van der Waals surface area contributed by atoms with Gasteiger partial charge in [0.15, 0.2) is 0 Å². The van der Waals surface area contributed by atoms with Crippen LogP contribution in [0.15, 0.2) is 30.7 Å². The molecule has 2 aromatic heterocycles. The van der Waals surface area contributed by atoms with Crippen LogP contribution in [0.5, 0.6) is 0 Å². The van der Waals surface area contributed by atoms with Gasteiger partial charge in [0.25, 0.3) is 0 Å². The number of nitrogens with one attached hydrogen (secondary N) is 2. The van der Waals surface area contributed by atoms with E-state index in [4.69, 9.17) is 0 Å². The van der Waals surface area contributed by atoms with E-state index in [-0.39, 0.29) is 0 Å². The van der Waals surface area contributed by atoms with Crippen LogP contribution >= 0.6 is 0 Å². The number of hydrogen-bond donors (Lipinski definition) is 2. The average Bonchev–Trinajstić information content (AvgIpc) is 3.03. The van der Waals surface area contributed by atoms with Crippen molar-refractivity contribution in [1.29, 1.82) is 0 Å². The lowest BCUT2D eigenvalue weighted by Crippen LogP contribution is -2.26. The van der Waals surface area contributed by atoms with Crippen molar-refractivity contribution >= 4 is 0 Å². The number of rotatable bonds is 4. The van der Waals surface area contributed by atoms with Crippen LogP contribution in [-0.2, 0) is 6.54 Å². The number of hydrogen-bond acceptors (Lipinski definition) is 3. The zero-order valence-electron chi connectivity index (χ0n) is 12.2. The van der Waals surface area contributed by atoms with Gasteiger partial charge >= 0.3 is 0 Å². The van der Waals surface area contributed by atoms with E-state index in [1.165, 1.54) is 24.8 Å². The summed E-state index contributed by atoms with van der Waals surface area (Å²) in [5.41, 5.74) is 3.86. The molecular weight excluding hydrogens is 248 g/mol. The van der Waals surface area contributed by atoms with Gasteiger partial charge in [-0.1, -0.05) is 13.8 Å². The van der Waals surface area contributed by atoms with Crippen molar-refractivity contribution in [3.05, 3.63) is 36.3 Å². The van der Waals surface area contributed by atoms with E-state index < -0.39 is 0 Å². The summed E-state index contributed by atoms with van der Waals surface area (Å²) in [5.74, 6) is 0. The number of nitrogens with zero attached hydrogens (tertiary/aromatic N) is 2. The second-order valence-corrected chi connectivity index (χ2v) is 6.50. The third-order valence-corrected chi connectivity index (χ3v) is 4.22. The van der Waals surface area contributed by atoms with E-state index >= 15 is 0 Å². The minimum Gasteiger partial charge on any atom is -0.310 e. The lowest BCUT2D eigenvalue weighted by molar-refractivity contribution is 0.364. The summed E-state index contributed by atoms with van der Waals surface area (Å²) >= 11 is 0. The molecule has 0 radical (unpaired) electrons. The average molecular weight is 270 g/mol. The third kappa shape index (κ3) is 2.90. The Labute approximate surface area is 120 Å². The highest BCUT2D eigenvalue weighted by Gasteiger charge is 2.30. The normalized spacial score (nSPS) is 21.2. The zero-order valence-corrected chi connectivity index (χ0v) is 12.2. The molecule has 0 saturated heterocycles. The molecule has 0 amide bonds. The smallest absolute Gasteiger partial charge is 0.0710 e. The van der Waals surface area contributed by atoms with Crippen LogP contribution in [0, 0.1) is 5.41 Å². The summed E-state index contributed by atoms with van der Waals surface area (Å²) in [7, 11) is 0. The van der Waals surface area contributed by atoms with Crippen molar-refractivity contribution in [2.24, 2.45) is 5.41 Å². The summed E-state index contributed by atoms with van der Waals surface area (Å²) in [4.78, 5) is 4.17. The van der Waals surface area contributed by atoms with Gasteiger partial charge in [-0.25, -0.2) is 0 Å². The first-order valence-corrected chi connectivity index (χ1v) is 7.30. The fraction of sp³-hybridized carbons (Fsp3) is 0.500. The van der Waals surface area contributed by atoms with Gasteiger partial charge in [-0.3, -0.25) is 10.1 Å². The Morgan fingerprint density at radius 2 is 2.30 bits per heavy atom. The minimum absolute atomic E-state index is 0.486.